The van der Waals surface area contributed by atoms with Gasteiger partial charge in [0, 0.05) is 10.0 Å². The van der Waals surface area contributed by atoms with E-state index in [1.165, 1.54) is 12.4 Å². The largest absolute Gasteiger partial charge is 0.287 e. The minimum atomic E-state index is -3.65. The molecule has 0 unspecified atom stereocenters. The standard InChI is InChI=1S/C14H11BrN2O3S/c15-11-4-6-12(7-5-11)21(19,20)13-3-1-2-10-8-17(18)9-16-14(10)13/h1-7,9,18H,8H2. The van der Waals surface area contributed by atoms with Gasteiger partial charge < -0.3 is 0 Å². The summed E-state index contributed by atoms with van der Waals surface area (Å²) >= 11 is 3.28. The van der Waals surface area contributed by atoms with E-state index in [-0.39, 0.29) is 16.3 Å². The molecule has 3 rings (SSSR count). The van der Waals surface area contributed by atoms with Crippen molar-refractivity contribution < 1.29 is 13.6 Å². The number of halogens is 1. The summed E-state index contributed by atoms with van der Waals surface area (Å²) in [6, 6.07) is 11.4. The predicted octanol–water partition coefficient (Wildman–Crippen LogP) is 3.15. The summed E-state index contributed by atoms with van der Waals surface area (Å²) in [5, 5.41) is 10.3. The van der Waals surface area contributed by atoms with Crippen LogP contribution < -0.4 is 0 Å². The van der Waals surface area contributed by atoms with Gasteiger partial charge in [0.25, 0.3) is 0 Å². The van der Waals surface area contributed by atoms with E-state index in [0.717, 1.165) is 9.54 Å². The second-order valence-electron chi connectivity index (χ2n) is 4.56. The number of para-hydroxylation sites is 1. The van der Waals surface area contributed by atoms with Crippen molar-refractivity contribution in [2.75, 3.05) is 0 Å². The number of benzene rings is 2. The molecule has 2 aromatic rings. The van der Waals surface area contributed by atoms with Gasteiger partial charge >= 0.3 is 0 Å². The maximum absolute atomic E-state index is 12.7. The van der Waals surface area contributed by atoms with Gasteiger partial charge in [-0.2, -0.15) is 0 Å². The van der Waals surface area contributed by atoms with Gasteiger partial charge in [0.05, 0.1) is 22.0 Å². The maximum Gasteiger partial charge on any atom is 0.208 e. The summed E-state index contributed by atoms with van der Waals surface area (Å²) in [6.45, 7) is 0.211. The lowest BCUT2D eigenvalue weighted by molar-refractivity contribution is -0.0179. The molecule has 0 fully saturated rings. The Balaban J connectivity index is 2.16. The molecule has 0 radical (unpaired) electrons. The minimum absolute atomic E-state index is 0.145. The van der Waals surface area contributed by atoms with Crippen LogP contribution in [0.25, 0.3) is 0 Å². The lowest BCUT2D eigenvalue weighted by Crippen LogP contribution is -2.20. The number of hydrogen-bond acceptors (Lipinski definition) is 5. The molecular formula is C14H11BrN2O3S. The molecule has 0 aliphatic carbocycles. The average Bonchev–Trinajstić information content (AvgIpc) is 2.46. The van der Waals surface area contributed by atoms with Gasteiger partial charge in [-0.05, 0) is 30.3 Å². The lowest BCUT2D eigenvalue weighted by Gasteiger charge is -2.19. The number of aliphatic imine (C=N–C) groups is 1. The van der Waals surface area contributed by atoms with Crippen molar-refractivity contribution in [3.63, 3.8) is 0 Å². The Morgan fingerprint density at radius 2 is 1.86 bits per heavy atom. The van der Waals surface area contributed by atoms with Crippen molar-refractivity contribution in [1.82, 2.24) is 5.06 Å². The fourth-order valence-electron chi connectivity index (χ4n) is 2.14. The first-order valence-electron chi connectivity index (χ1n) is 6.11. The van der Waals surface area contributed by atoms with Gasteiger partial charge in [0.2, 0.25) is 9.84 Å². The molecule has 0 amide bonds. The van der Waals surface area contributed by atoms with Crippen LogP contribution in [-0.4, -0.2) is 25.0 Å². The van der Waals surface area contributed by atoms with Crippen LogP contribution >= 0.6 is 15.9 Å². The Morgan fingerprint density at radius 1 is 1.14 bits per heavy atom. The highest BCUT2D eigenvalue weighted by atomic mass is 79.9. The summed E-state index contributed by atoms with van der Waals surface area (Å²) in [5.74, 6) is 0. The van der Waals surface area contributed by atoms with E-state index < -0.39 is 9.84 Å². The van der Waals surface area contributed by atoms with Crippen molar-refractivity contribution in [1.29, 1.82) is 0 Å². The first-order chi connectivity index (χ1) is 9.98. The van der Waals surface area contributed by atoms with E-state index in [1.807, 2.05) is 0 Å². The second-order valence-corrected chi connectivity index (χ2v) is 7.40. The third-order valence-corrected chi connectivity index (χ3v) is 5.48. The summed E-state index contributed by atoms with van der Waals surface area (Å²) in [7, 11) is -3.65. The number of nitrogens with zero attached hydrogens (tertiary/aromatic N) is 2. The van der Waals surface area contributed by atoms with Crippen LogP contribution in [0.4, 0.5) is 5.69 Å². The molecule has 5 nitrogen and oxygen atoms in total. The molecule has 1 heterocycles. The van der Waals surface area contributed by atoms with E-state index in [0.29, 0.717) is 11.3 Å². The minimum Gasteiger partial charge on any atom is -0.287 e. The van der Waals surface area contributed by atoms with E-state index in [4.69, 9.17) is 0 Å². The van der Waals surface area contributed by atoms with E-state index >= 15 is 0 Å². The van der Waals surface area contributed by atoms with Gasteiger partial charge in [0.15, 0.2) is 0 Å². The van der Waals surface area contributed by atoms with Crippen LogP contribution in [0.2, 0.25) is 0 Å². The van der Waals surface area contributed by atoms with Gasteiger partial charge in [-0.25, -0.2) is 18.5 Å². The molecule has 0 atom stereocenters. The van der Waals surface area contributed by atoms with Crippen molar-refractivity contribution in [3.05, 3.63) is 52.5 Å². The molecule has 0 saturated carbocycles. The monoisotopic (exact) mass is 366 g/mol. The quantitative estimate of drug-likeness (QED) is 0.885. The Hall–Kier alpha value is -1.70. The third kappa shape index (κ3) is 2.59. The summed E-state index contributed by atoms with van der Waals surface area (Å²) in [5.41, 5.74) is 1.05. The third-order valence-electron chi connectivity index (χ3n) is 3.15. The van der Waals surface area contributed by atoms with Crippen LogP contribution in [0, 0.1) is 0 Å². The summed E-state index contributed by atoms with van der Waals surface area (Å²) in [6.07, 6.45) is 1.21. The average molecular weight is 367 g/mol. The van der Waals surface area contributed by atoms with Crippen molar-refractivity contribution in [2.45, 2.75) is 16.3 Å². The fraction of sp³-hybridized carbons (Fsp3) is 0.0714. The molecule has 1 aliphatic rings. The molecule has 0 spiro atoms. The predicted molar refractivity (Wildman–Crippen MR) is 81.5 cm³/mol. The first kappa shape index (κ1) is 14.2. The van der Waals surface area contributed by atoms with E-state index in [9.17, 15) is 13.6 Å². The smallest absolute Gasteiger partial charge is 0.208 e. The van der Waals surface area contributed by atoms with Crippen molar-refractivity contribution >= 4 is 37.8 Å². The highest BCUT2D eigenvalue weighted by molar-refractivity contribution is 9.10. The molecule has 108 valence electrons. The van der Waals surface area contributed by atoms with Gasteiger partial charge in [-0.3, -0.25) is 5.21 Å². The normalized spacial score (nSPS) is 14.1. The van der Waals surface area contributed by atoms with Crippen molar-refractivity contribution in [2.24, 2.45) is 4.99 Å². The fourth-order valence-corrected chi connectivity index (χ4v) is 3.85. The van der Waals surface area contributed by atoms with Crippen molar-refractivity contribution in [3.8, 4) is 0 Å². The van der Waals surface area contributed by atoms with Crippen LogP contribution in [0.1, 0.15) is 5.56 Å². The Labute approximate surface area is 130 Å². The second kappa shape index (κ2) is 5.25. The lowest BCUT2D eigenvalue weighted by atomic mass is 10.1. The number of hydrogen-bond donors (Lipinski definition) is 1. The van der Waals surface area contributed by atoms with Crippen LogP contribution in [-0.2, 0) is 16.4 Å². The van der Waals surface area contributed by atoms with E-state index in [2.05, 4.69) is 20.9 Å². The van der Waals surface area contributed by atoms with Crippen LogP contribution in [0.3, 0.4) is 0 Å². The number of hydroxylamine groups is 2. The van der Waals surface area contributed by atoms with Crippen LogP contribution in [0.15, 0.2) is 61.7 Å². The summed E-state index contributed by atoms with van der Waals surface area (Å²) in [4.78, 5) is 4.40. The maximum atomic E-state index is 12.7. The summed E-state index contributed by atoms with van der Waals surface area (Å²) < 4.78 is 26.3. The van der Waals surface area contributed by atoms with Crippen LogP contribution in [0.5, 0.6) is 0 Å². The molecule has 0 bridgehead atoms. The molecular weight excluding hydrogens is 356 g/mol. The molecule has 1 N–H and O–H groups in total. The topological polar surface area (TPSA) is 70.0 Å². The van der Waals surface area contributed by atoms with Gasteiger partial charge in [0.1, 0.15) is 6.34 Å². The van der Waals surface area contributed by atoms with E-state index in [1.54, 1.807) is 36.4 Å². The highest BCUT2D eigenvalue weighted by Gasteiger charge is 2.24. The van der Waals surface area contributed by atoms with Gasteiger partial charge in [-0.15, -0.1) is 0 Å². The number of sulfone groups is 1. The zero-order valence-electron chi connectivity index (χ0n) is 10.8. The Bertz CT molecular complexity index is 817. The molecule has 7 heteroatoms. The van der Waals surface area contributed by atoms with Gasteiger partial charge in [-0.1, -0.05) is 28.1 Å². The number of rotatable bonds is 2. The number of fused-ring (bicyclic) bond motifs is 1. The zero-order valence-corrected chi connectivity index (χ0v) is 13.2. The SMILES string of the molecule is O=S(=O)(c1ccc(Br)cc1)c1cccc2c1N=CN(O)C2. The molecule has 2 aromatic carbocycles. The molecule has 0 saturated heterocycles. The molecule has 0 aromatic heterocycles. The Morgan fingerprint density at radius 3 is 2.57 bits per heavy atom. The first-order valence-corrected chi connectivity index (χ1v) is 8.38. The highest BCUT2D eigenvalue weighted by Crippen LogP contribution is 2.34. The molecule has 21 heavy (non-hydrogen) atoms. The molecule has 1 aliphatic heterocycles. The zero-order chi connectivity index (χ0) is 15.0. The Kier molecular flexibility index (Phi) is 3.56.